The summed E-state index contributed by atoms with van der Waals surface area (Å²) in [5, 5.41) is 0. The number of ether oxygens (including phenoxy) is 3. The Hall–Kier alpha value is -2.86. The van der Waals surface area contributed by atoms with E-state index in [9.17, 15) is 4.79 Å². The number of aliphatic imine (C=N–C) groups is 1. The van der Waals surface area contributed by atoms with Gasteiger partial charge in [-0.15, -0.1) is 0 Å². The first-order valence-corrected chi connectivity index (χ1v) is 8.71. The van der Waals surface area contributed by atoms with Crippen LogP contribution in [0, 0.1) is 0 Å². The summed E-state index contributed by atoms with van der Waals surface area (Å²) in [7, 11) is 1.61. The monoisotopic (exact) mass is 411 g/mol. The van der Waals surface area contributed by atoms with Crippen LogP contribution in [-0.4, -0.2) is 25.6 Å². The summed E-state index contributed by atoms with van der Waals surface area (Å²) in [5.74, 6) is 1.31. The van der Waals surface area contributed by atoms with E-state index in [-0.39, 0.29) is 5.70 Å². The molecule has 0 N–H and O–H groups in total. The highest BCUT2D eigenvalue weighted by molar-refractivity contribution is 9.10. The molecule has 2 aliphatic heterocycles. The van der Waals surface area contributed by atoms with Crippen LogP contribution < -0.4 is 9.47 Å². The van der Waals surface area contributed by atoms with Crippen molar-refractivity contribution in [3.8, 4) is 11.5 Å². The number of methoxy groups -OCH3 is 1. The molecular weight excluding hydrogens is 398 g/mol. The van der Waals surface area contributed by atoms with E-state index in [0.717, 1.165) is 32.7 Å². The van der Waals surface area contributed by atoms with Gasteiger partial charge in [-0.3, -0.25) is 0 Å². The summed E-state index contributed by atoms with van der Waals surface area (Å²) in [6, 6.07) is 13.1. The zero-order chi connectivity index (χ0) is 18.1. The maximum absolute atomic E-state index is 12.1. The van der Waals surface area contributed by atoms with Gasteiger partial charge in [-0.25, -0.2) is 9.79 Å². The predicted octanol–water partition coefficient (Wildman–Crippen LogP) is 4.12. The van der Waals surface area contributed by atoms with Crippen LogP contribution in [0.25, 0.3) is 6.08 Å². The molecule has 0 spiro atoms. The molecule has 0 saturated heterocycles. The molecule has 4 rings (SSSR count). The lowest BCUT2D eigenvalue weighted by Crippen LogP contribution is -2.08. The maximum Gasteiger partial charge on any atom is 0.363 e. The van der Waals surface area contributed by atoms with E-state index >= 15 is 0 Å². The van der Waals surface area contributed by atoms with E-state index in [1.807, 2.05) is 48.5 Å². The van der Waals surface area contributed by atoms with Crippen molar-refractivity contribution in [2.75, 3.05) is 13.7 Å². The van der Waals surface area contributed by atoms with Crippen molar-refractivity contribution < 1.29 is 19.0 Å². The zero-order valence-corrected chi connectivity index (χ0v) is 15.4. The lowest BCUT2D eigenvalue weighted by atomic mass is 10.1. The summed E-state index contributed by atoms with van der Waals surface area (Å²) in [4.78, 5) is 16.5. The number of hydrogen-bond donors (Lipinski definition) is 0. The topological polar surface area (TPSA) is 57.1 Å². The van der Waals surface area contributed by atoms with E-state index < -0.39 is 5.97 Å². The Kier molecular flexibility index (Phi) is 4.34. The molecule has 0 bridgehead atoms. The smallest absolute Gasteiger partial charge is 0.363 e. The van der Waals surface area contributed by atoms with Crippen molar-refractivity contribution in [2.45, 2.75) is 0 Å². The number of esters is 1. The second-order valence-corrected chi connectivity index (χ2v) is 6.67. The minimum atomic E-state index is -0.471. The SMILES string of the molecule is COc1ccc2c(c1)OCC(/C=C1\N=C(c3cccc(Br)c3)OC1=O)=C2. The van der Waals surface area contributed by atoms with Gasteiger partial charge in [0.2, 0.25) is 5.90 Å². The number of carbonyl (C=O) groups excluding carboxylic acids is 1. The minimum Gasteiger partial charge on any atom is -0.497 e. The van der Waals surface area contributed by atoms with Crippen LogP contribution in [0.3, 0.4) is 0 Å². The van der Waals surface area contributed by atoms with E-state index in [1.54, 1.807) is 13.2 Å². The normalized spacial score (nSPS) is 17.2. The van der Waals surface area contributed by atoms with Crippen LogP contribution in [0.5, 0.6) is 11.5 Å². The van der Waals surface area contributed by atoms with E-state index in [4.69, 9.17) is 14.2 Å². The first-order chi connectivity index (χ1) is 12.6. The van der Waals surface area contributed by atoms with Crippen molar-refractivity contribution in [3.63, 3.8) is 0 Å². The largest absolute Gasteiger partial charge is 0.497 e. The summed E-state index contributed by atoms with van der Waals surface area (Å²) in [5.41, 5.74) is 2.76. The number of halogens is 1. The van der Waals surface area contributed by atoms with Crippen LogP contribution in [0.1, 0.15) is 11.1 Å². The summed E-state index contributed by atoms with van der Waals surface area (Å²) < 4.78 is 17.1. The van der Waals surface area contributed by atoms with Crippen LogP contribution in [-0.2, 0) is 9.53 Å². The Bertz CT molecular complexity index is 991. The average molecular weight is 412 g/mol. The third-order valence-electron chi connectivity index (χ3n) is 3.97. The van der Waals surface area contributed by atoms with Gasteiger partial charge in [0.25, 0.3) is 0 Å². The van der Waals surface area contributed by atoms with E-state index in [0.29, 0.717) is 12.5 Å². The lowest BCUT2D eigenvalue weighted by Gasteiger charge is -2.16. The molecule has 0 amide bonds. The van der Waals surface area contributed by atoms with Crippen LogP contribution in [0.4, 0.5) is 0 Å². The van der Waals surface area contributed by atoms with Crippen molar-refractivity contribution in [2.24, 2.45) is 4.99 Å². The third-order valence-corrected chi connectivity index (χ3v) is 4.46. The van der Waals surface area contributed by atoms with Gasteiger partial charge in [-0.1, -0.05) is 22.0 Å². The molecule has 6 heteroatoms. The molecule has 0 unspecified atom stereocenters. The molecule has 0 fully saturated rings. The quantitative estimate of drug-likeness (QED) is 0.562. The van der Waals surface area contributed by atoms with Crippen molar-refractivity contribution >= 4 is 33.9 Å². The number of hydrogen-bond acceptors (Lipinski definition) is 5. The first-order valence-electron chi connectivity index (χ1n) is 7.92. The molecule has 5 nitrogen and oxygen atoms in total. The molecule has 0 saturated carbocycles. The number of rotatable bonds is 3. The molecule has 0 aliphatic carbocycles. The van der Waals surface area contributed by atoms with Gasteiger partial charge < -0.3 is 14.2 Å². The van der Waals surface area contributed by atoms with Crippen molar-refractivity contribution in [1.29, 1.82) is 0 Å². The van der Waals surface area contributed by atoms with Gasteiger partial charge in [0.1, 0.15) is 18.1 Å². The highest BCUT2D eigenvalue weighted by Gasteiger charge is 2.25. The Morgan fingerprint density at radius 3 is 2.92 bits per heavy atom. The maximum atomic E-state index is 12.1. The van der Waals surface area contributed by atoms with E-state index in [1.165, 1.54) is 0 Å². The first kappa shape index (κ1) is 16.6. The molecule has 2 aromatic rings. The fourth-order valence-corrected chi connectivity index (χ4v) is 3.10. The Morgan fingerprint density at radius 2 is 2.12 bits per heavy atom. The van der Waals surface area contributed by atoms with Crippen molar-refractivity contribution in [3.05, 3.63) is 75.4 Å². The van der Waals surface area contributed by atoms with Crippen molar-refractivity contribution in [1.82, 2.24) is 0 Å². The second-order valence-electron chi connectivity index (χ2n) is 5.76. The molecule has 2 aromatic carbocycles. The lowest BCUT2D eigenvalue weighted by molar-refractivity contribution is -0.130. The van der Waals surface area contributed by atoms with Gasteiger partial charge in [0.15, 0.2) is 5.70 Å². The molecular formula is C20H14BrNO4. The molecule has 2 heterocycles. The van der Waals surface area contributed by atoms with Gasteiger partial charge in [-0.05, 0) is 48.1 Å². The Morgan fingerprint density at radius 1 is 1.23 bits per heavy atom. The predicted molar refractivity (Wildman–Crippen MR) is 101 cm³/mol. The molecule has 0 radical (unpaired) electrons. The molecule has 2 aliphatic rings. The Labute approximate surface area is 158 Å². The molecule has 0 atom stereocenters. The van der Waals surface area contributed by atoms with Crippen LogP contribution in [0.15, 0.2) is 69.3 Å². The molecule has 130 valence electrons. The highest BCUT2D eigenvalue weighted by Crippen LogP contribution is 2.31. The van der Waals surface area contributed by atoms with E-state index in [2.05, 4.69) is 20.9 Å². The second kappa shape index (κ2) is 6.80. The number of carbonyl (C=O) groups is 1. The average Bonchev–Trinajstić information content (AvgIpc) is 3.02. The fourth-order valence-electron chi connectivity index (χ4n) is 2.70. The van der Waals surface area contributed by atoms with Gasteiger partial charge >= 0.3 is 5.97 Å². The van der Waals surface area contributed by atoms with Crippen LogP contribution in [0.2, 0.25) is 0 Å². The number of fused-ring (bicyclic) bond motifs is 1. The molecule has 0 aromatic heterocycles. The highest BCUT2D eigenvalue weighted by atomic mass is 79.9. The molecule has 26 heavy (non-hydrogen) atoms. The number of benzene rings is 2. The van der Waals surface area contributed by atoms with Gasteiger partial charge in [0, 0.05) is 21.7 Å². The Balaban J connectivity index is 1.63. The standard InChI is InChI=1S/C20H14BrNO4/c1-24-16-6-5-13-7-12(11-25-18(13)10-16)8-17-20(23)26-19(22-17)14-3-2-4-15(21)9-14/h2-10H,11H2,1H3/b17-8-. The minimum absolute atomic E-state index is 0.256. The van der Waals surface area contributed by atoms with Crippen LogP contribution >= 0.6 is 15.9 Å². The number of nitrogens with zero attached hydrogens (tertiary/aromatic N) is 1. The summed E-state index contributed by atoms with van der Waals surface area (Å²) >= 11 is 3.40. The van der Waals surface area contributed by atoms with Gasteiger partial charge in [-0.2, -0.15) is 0 Å². The van der Waals surface area contributed by atoms with Gasteiger partial charge in [0.05, 0.1) is 7.11 Å². The number of cyclic esters (lactones) is 1. The zero-order valence-electron chi connectivity index (χ0n) is 13.9. The fraction of sp³-hybridized carbons (Fsp3) is 0.100. The third kappa shape index (κ3) is 3.28. The summed E-state index contributed by atoms with van der Waals surface area (Å²) in [6.07, 6.45) is 3.66. The summed E-state index contributed by atoms with van der Waals surface area (Å²) in [6.45, 7) is 0.346.